The summed E-state index contributed by atoms with van der Waals surface area (Å²) in [7, 11) is 3.88. The van der Waals surface area contributed by atoms with E-state index in [-0.39, 0.29) is 0 Å². The molecule has 1 aromatic carbocycles. The molecule has 0 radical (unpaired) electrons. The van der Waals surface area contributed by atoms with Crippen molar-refractivity contribution >= 4 is 35.3 Å². The second-order valence-electron chi connectivity index (χ2n) is 5.13. The first-order chi connectivity index (χ1) is 10.5. The van der Waals surface area contributed by atoms with Crippen LogP contribution in [0.5, 0.6) is 0 Å². The molecule has 22 heavy (non-hydrogen) atoms. The number of hydrogen-bond acceptors (Lipinski definition) is 4. The van der Waals surface area contributed by atoms with E-state index in [9.17, 15) is 4.79 Å². The molecule has 0 aliphatic heterocycles. The van der Waals surface area contributed by atoms with Crippen LogP contribution in [-0.4, -0.2) is 43.7 Å². The number of anilines is 1. The van der Waals surface area contributed by atoms with Gasteiger partial charge in [-0.3, -0.25) is 4.79 Å². The summed E-state index contributed by atoms with van der Waals surface area (Å²) < 4.78 is 5.27. The van der Waals surface area contributed by atoms with Gasteiger partial charge in [0, 0.05) is 18.7 Å². The largest absolute Gasteiger partial charge is 0.359 e. The third-order valence-corrected chi connectivity index (χ3v) is 3.86. The zero-order valence-electron chi connectivity index (χ0n) is 12.6. The Kier molecular flexibility index (Phi) is 5.45. The van der Waals surface area contributed by atoms with Crippen LogP contribution in [0.2, 0.25) is 10.0 Å². The van der Waals surface area contributed by atoms with Crippen LogP contribution in [0, 0.1) is 6.92 Å². The predicted octanol–water partition coefficient (Wildman–Crippen LogP) is 3.48. The molecule has 1 aromatic heterocycles. The molecule has 2 rings (SSSR count). The summed E-state index contributed by atoms with van der Waals surface area (Å²) in [6, 6.07) is 5.20. The number of amides is 1. The van der Waals surface area contributed by atoms with E-state index >= 15 is 0 Å². The van der Waals surface area contributed by atoms with Crippen molar-refractivity contribution in [2.24, 2.45) is 0 Å². The topological polar surface area (TPSA) is 49.6 Å². The molecule has 0 saturated carbocycles. The molecule has 2 aromatic rings. The molecule has 0 N–H and O–H groups in total. The van der Waals surface area contributed by atoms with Crippen molar-refractivity contribution in [2.75, 3.05) is 32.1 Å². The van der Waals surface area contributed by atoms with Gasteiger partial charge in [0.1, 0.15) is 11.4 Å². The molecule has 0 spiro atoms. The lowest BCUT2D eigenvalue weighted by Crippen LogP contribution is -2.31. The Bertz CT molecular complexity index is 651. The Balaban J connectivity index is 2.49. The normalized spacial score (nSPS) is 11.0. The number of nitrogens with zero attached hydrogens (tertiary/aromatic N) is 3. The van der Waals surface area contributed by atoms with Crippen LogP contribution < -0.4 is 4.90 Å². The Morgan fingerprint density at radius 2 is 1.86 bits per heavy atom. The van der Waals surface area contributed by atoms with Crippen molar-refractivity contribution in [1.29, 1.82) is 0 Å². The summed E-state index contributed by atoms with van der Waals surface area (Å²) >= 11 is 12.5. The first kappa shape index (κ1) is 16.8. The number of rotatable bonds is 6. The van der Waals surface area contributed by atoms with E-state index in [1.165, 1.54) is 0 Å². The molecule has 5 nitrogen and oxygen atoms in total. The van der Waals surface area contributed by atoms with Crippen LogP contribution >= 0.6 is 23.2 Å². The summed E-state index contributed by atoms with van der Waals surface area (Å²) in [5.74, 6) is 0.539. The number of benzene rings is 1. The molecule has 0 bridgehead atoms. The molecule has 0 atom stereocenters. The number of carbonyl (C=O) groups excluding carboxylic acids is 1. The highest BCUT2D eigenvalue weighted by Crippen LogP contribution is 2.40. The quantitative estimate of drug-likeness (QED) is 0.754. The molecule has 0 fully saturated rings. The summed E-state index contributed by atoms with van der Waals surface area (Å²) in [5.41, 5.74) is 1.63. The number of aromatic nitrogens is 1. The first-order valence-electron chi connectivity index (χ1n) is 6.73. The molecule has 0 saturated heterocycles. The van der Waals surface area contributed by atoms with Gasteiger partial charge in [-0.1, -0.05) is 34.4 Å². The molecule has 7 heteroatoms. The van der Waals surface area contributed by atoms with E-state index < -0.39 is 0 Å². The maximum Gasteiger partial charge on any atom is 0.214 e. The van der Waals surface area contributed by atoms with Crippen molar-refractivity contribution < 1.29 is 9.32 Å². The maximum atomic E-state index is 11.5. The minimum Gasteiger partial charge on any atom is -0.359 e. The van der Waals surface area contributed by atoms with Gasteiger partial charge in [-0.2, -0.15) is 0 Å². The second-order valence-corrected chi connectivity index (χ2v) is 5.95. The summed E-state index contributed by atoms with van der Waals surface area (Å²) in [4.78, 5) is 15.0. The Morgan fingerprint density at radius 3 is 2.41 bits per heavy atom. The number of halogens is 2. The maximum absolute atomic E-state index is 11.5. The van der Waals surface area contributed by atoms with Gasteiger partial charge >= 0.3 is 0 Å². The number of likely N-dealkylation sites (N-methyl/N-ethyl adjacent to an activating group) is 1. The van der Waals surface area contributed by atoms with Crippen LogP contribution in [0.3, 0.4) is 0 Å². The highest BCUT2D eigenvalue weighted by atomic mass is 35.5. The van der Waals surface area contributed by atoms with Gasteiger partial charge in [0.05, 0.1) is 10.0 Å². The third-order valence-electron chi connectivity index (χ3n) is 3.23. The van der Waals surface area contributed by atoms with E-state index in [1.54, 1.807) is 30.0 Å². The second kappa shape index (κ2) is 7.13. The molecular formula is C15H17Cl2N3O2. The van der Waals surface area contributed by atoms with Crippen LogP contribution in [0.15, 0.2) is 22.7 Å². The standard InChI is InChI=1S/C15H17Cl2N3O2/c1-10-15(20(9-21)8-7-19(2)3)14(18-22-10)13-11(16)5-4-6-12(13)17/h4-6,9H,7-8H2,1-3H3. The van der Waals surface area contributed by atoms with E-state index in [2.05, 4.69) is 5.16 Å². The van der Waals surface area contributed by atoms with Crippen molar-refractivity contribution in [3.05, 3.63) is 34.0 Å². The van der Waals surface area contributed by atoms with Gasteiger partial charge in [-0.05, 0) is 33.2 Å². The Hall–Kier alpha value is -1.56. The van der Waals surface area contributed by atoms with Crippen LogP contribution in [-0.2, 0) is 4.79 Å². The van der Waals surface area contributed by atoms with E-state index in [4.69, 9.17) is 27.7 Å². The molecular weight excluding hydrogens is 325 g/mol. The lowest BCUT2D eigenvalue weighted by molar-refractivity contribution is -0.107. The average Bonchev–Trinajstić information content (AvgIpc) is 2.82. The van der Waals surface area contributed by atoms with Gasteiger partial charge < -0.3 is 14.3 Å². The van der Waals surface area contributed by atoms with E-state index in [0.29, 0.717) is 45.8 Å². The first-order valence-corrected chi connectivity index (χ1v) is 7.48. The van der Waals surface area contributed by atoms with E-state index in [0.717, 1.165) is 6.41 Å². The van der Waals surface area contributed by atoms with E-state index in [1.807, 2.05) is 19.0 Å². The number of aryl methyl sites for hydroxylation is 1. The predicted molar refractivity (Wildman–Crippen MR) is 88.7 cm³/mol. The Morgan fingerprint density at radius 1 is 1.23 bits per heavy atom. The van der Waals surface area contributed by atoms with Crippen molar-refractivity contribution in [3.63, 3.8) is 0 Å². The fraction of sp³-hybridized carbons (Fsp3) is 0.333. The molecule has 0 aliphatic carbocycles. The highest BCUT2D eigenvalue weighted by Gasteiger charge is 2.23. The SMILES string of the molecule is Cc1onc(-c2c(Cl)cccc2Cl)c1N(C=O)CCN(C)C. The molecule has 118 valence electrons. The van der Waals surface area contributed by atoms with Gasteiger partial charge in [0.25, 0.3) is 0 Å². The lowest BCUT2D eigenvalue weighted by atomic mass is 10.1. The highest BCUT2D eigenvalue weighted by molar-refractivity contribution is 6.39. The van der Waals surface area contributed by atoms with Crippen LogP contribution in [0.4, 0.5) is 5.69 Å². The van der Waals surface area contributed by atoms with Gasteiger partial charge in [0.2, 0.25) is 6.41 Å². The minimum atomic E-state index is 0.459. The molecule has 1 heterocycles. The summed E-state index contributed by atoms with van der Waals surface area (Å²) in [6.07, 6.45) is 0.761. The minimum absolute atomic E-state index is 0.459. The van der Waals surface area contributed by atoms with Crippen molar-refractivity contribution in [3.8, 4) is 11.3 Å². The van der Waals surface area contributed by atoms with Crippen LogP contribution in [0.25, 0.3) is 11.3 Å². The third kappa shape index (κ3) is 3.43. The molecule has 1 amide bonds. The van der Waals surface area contributed by atoms with Gasteiger partial charge in [-0.15, -0.1) is 0 Å². The lowest BCUT2D eigenvalue weighted by Gasteiger charge is -2.20. The summed E-state index contributed by atoms with van der Waals surface area (Å²) in [5, 5.41) is 4.96. The van der Waals surface area contributed by atoms with Crippen LogP contribution in [0.1, 0.15) is 5.76 Å². The fourth-order valence-electron chi connectivity index (χ4n) is 2.12. The fourth-order valence-corrected chi connectivity index (χ4v) is 2.70. The number of hydrogen-bond donors (Lipinski definition) is 0. The van der Waals surface area contributed by atoms with Crippen molar-refractivity contribution in [2.45, 2.75) is 6.92 Å². The zero-order chi connectivity index (χ0) is 16.3. The molecule has 0 aliphatic rings. The molecule has 0 unspecified atom stereocenters. The number of carbonyl (C=O) groups is 1. The monoisotopic (exact) mass is 341 g/mol. The smallest absolute Gasteiger partial charge is 0.214 e. The van der Waals surface area contributed by atoms with Crippen molar-refractivity contribution in [1.82, 2.24) is 10.1 Å². The summed E-state index contributed by atoms with van der Waals surface area (Å²) in [6.45, 7) is 2.97. The average molecular weight is 342 g/mol. The Labute approximate surface area is 139 Å². The zero-order valence-corrected chi connectivity index (χ0v) is 14.1. The van der Waals surface area contributed by atoms with Gasteiger partial charge in [0.15, 0.2) is 5.76 Å². The van der Waals surface area contributed by atoms with Gasteiger partial charge in [-0.25, -0.2) is 0 Å².